The number of rotatable bonds is 7. The van der Waals surface area contributed by atoms with Crippen molar-refractivity contribution in [3.63, 3.8) is 0 Å². The van der Waals surface area contributed by atoms with Gasteiger partial charge in [0.2, 0.25) is 0 Å². The molecule has 0 aromatic heterocycles. The molecule has 0 unspecified atom stereocenters. The third kappa shape index (κ3) is 5.08. The Morgan fingerprint density at radius 2 is 1.66 bits per heavy atom. The zero-order valence-electron chi connectivity index (χ0n) is 18.2. The van der Waals surface area contributed by atoms with Gasteiger partial charge in [-0.25, -0.2) is 8.78 Å². The number of alkyl halides is 2. The molecule has 1 nitrogen and oxygen atoms in total. The molecule has 0 aliphatic heterocycles. The molecule has 0 N–H and O–H groups in total. The van der Waals surface area contributed by atoms with Gasteiger partial charge in [-0.05, 0) is 53.3 Å². The van der Waals surface area contributed by atoms with Crippen LogP contribution in [-0.4, -0.2) is 6.61 Å². The number of ether oxygens (including phenoxy) is 1. The molecule has 1 fully saturated rings. The van der Waals surface area contributed by atoms with E-state index in [0.717, 1.165) is 42.2 Å². The number of fused-ring (bicyclic) bond motifs is 1. The zero-order chi connectivity index (χ0) is 22.7. The summed E-state index contributed by atoms with van der Waals surface area (Å²) < 4.78 is 58.1. The molecule has 0 spiro atoms. The molecule has 1 aliphatic carbocycles. The Labute approximate surface area is 186 Å². The van der Waals surface area contributed by atoms with Crippen LogP contribution in [0.4, 0.5) is 17.6 Å². The minimum atomic E-state index is -3.12. The first-order valence-corrected chi connectivity index (χ1v) is 11.4. The summed E-state index contributed by atoms with van der Waals surface area (Å²) in [6.45, 7) is -0.841. The first kappa shape index (κ1) is 22.6. The predicted octanol–water partition coefficient (Wildman–Crippen LogP) is 8.54. The average Bonchev–Trinajstić information content (AvgIpc) is 2.79. The normalized spacial score (nSPS) is 18.9. The third-order valence-corrected chi connectivity index (χ3v) is 6.86. The van der Waals surface area contributed by atoms with Crippen molar-refractivity contribution in [3.8, 4) is 16.9 Å². The molecular weight excluding hydrogens is 416 g/mol. The van der Waals surface area contributed by atoms with Gasteiger partial charge in [-0.2, -0.15) is 8.78 Å². The van der Waals surface area contributed by atoms with Gasteiger partial charge >= 0.3 is 6.61 Å². The molecule has 4 rings (SSSR count). The first-order valence-electron chi connectivity index (χ1n) is 11.4. The van der Waals surface area contributed by atoms with E-state index in [4.69, 9.17) is 0 Å². The van der Waals surface area contributed by atoms with E-state index in [1.54, 1.807) is 12.1 Å². The number of aryl methyl sites for hydroxylation is 1. The van der Waals surface area contributed by atoms with E-state index in [9.17, 15) is 13.2 Å². The lowest BCUT2D eigenvalue weighted by atomic mass is 9.78. The quantitative estimate of drug-likeness (QED) is 0.332. The summed E-state index contributed by atoms with van der Waals surface area (Å²) in [6.07, 6.45) is 8.71. The molecule has 3 aromatic rings. The molecule has 0 bridgehead atoms. The van der Waals surface area contributed by atoms with Crippen molar-refractivity contribution in [1.29, 1.82) is 0 Å². The highest BCUT2D eigenvalue weighted by Gasteiger charge is 2.20. The molecule has 32 heavy (non-hydrogen) atoms. The van der Waals surface area contributed by atoms with Crippen LogP contribution in [0.3, 0.4) is 0 Å². The Hall–Kier alpha value is -2.56. The molecule has 0 amide bonds. The van der Waals surface area contributed by atoms with Gasteiger partial charge in [0.15, 0.2) is 11.6 Å². The maximum atomic E-state index is 15.2. The highest BCUT2D eigenvalue weighted by Crippen LogP contribution is 2.35. The van der Waals surface area contributed by atoms with E-state index in [0.29, 0.717) is 5.39 Å². The Balaban J connectivity index is 1.49. The first-order chi connectivity index (χ1) is 15.4. The highest BCUT2D eigenvalue weighted by molar-refractivity contribution is 5.88. The SMILES string of the molecule is CCC1CCC(CCc2ccc3c(F)c(-c4ccc(OC(F)F)c(F)c4)ccc3c2)CC1. The molecule has 1 aliphatic rings. The smallest absolute Gasteiger partial charge is 0.387 e. The van der Waals surface area contributed by atoms with Crippen LogP contribution < -0.4 is 4.74 Å². The number of benzene rings is 3. The van der Waals surface area contributed by atoms with Gasteiger partial charge in [0.25, 0.3) is 0 Å². The number of hydrogen-bond donors (Lipinski definition) is 0. The maximum absolute atomic E-state index is 15.2. The second-order valence-corrected chi connectivity index (χ2v) is 8.84. The molecular formula is C27H28F4O. The summed E-state index contributed by atoms with van der Waals surface area (Å²) in [6, 6.07) is 12.7. The van der Waals surface area contributed by atoms with Gasteiger partial charge in [0.05, 0.1) is 0 Å². The summed E-state index contributed by atoms with van der Waals surface area (Å²) in [5, 5.41) is 1.26. The van der Waals surface area contributed by atoms with Gasteiger partial charge in [-0.1, -0.05) is 75.4 Å². The predicted molar refractivity (Wildman–Crippen MR) is 120 cm³/mol. The Morgan fingerprint density at radius 3 is 2.34 bits per heavy atom. The van der Waals surface area contributed by atoms with Crippen molar-refractivity contribution in [2.24, 2.45) is 11.8 Å². The fourth-order valence-corrected chi connectivity index (χ4v) is 4.88. The van der Waals surface area contributed by atoms with Gasteiger partial charge in [-0.15, -0.1) is 0 Å². The number of hydrogen-bond acceptors (Lipinski definition) is 1. The molecule has 170 valence electrons. The zero-order valence-corrected chi connectivity index (χ0v) is 18.2. The van der Waals surface area contributed by atoms with Gasteiger partial charge in [-0.3, -0.25) is 0 Å². The minimum absolute atomic E-state index is 0.223. The van der Waals surface area contributed by atoms with E-state index in [1.807, 2.05) is 18.2 Å². The fraction of sp³-hybridized carbons (Fsp3) is 0.407. The Bertz CT molecular complexity index is 1070. The van der Waals surface area contributed by atoms with Crippen LogP contribution in [0.25, 0.3) is 21.9 Å². The van der Waals surface area contributed by atoms with Gasteiger partial charge in [0, 0.05) is 10.9 Å². The van der Waals surface area contributed by atoms with Crippen LogP contribution >= 0.6 is 0 Å². The maximum Gasteiger partial charge on any atom is 0.387 e. The number of halogens is 4. The van der Waals surface area contributed by atoms with Crippen molar-refractivity contribution in [1.82, 2.24) is 0 Å². The van der Waals surface area contributed by atoms with Crippen molar-refractivity contribution < 1.29 is 22.3 Å². The Morgan fingerprint density at radius 1 is 0.906 bits per heavy atom. The molecule has 0 heterocycles. The van der Waals surface area contributed by atoms with Gasteiger partial charge in [0.1, 0.15) is 5.82 Å². The highest BCUT2D eigenvalue weighted by atomic mass is 19.3. The molecule has 0 saturated heterocycles. The van der Waals surface area contributed by atoms with Crippen LogP contribution in [0.2, 0.25) is 0 Å². The largest absolute Gasteiger partial charge is 0.432 e. The lowest BCUT2D eigenvalue weighted by molar-refractivity contribution is -0.0521. The van der Waals surface area contributed by atoms with Crippen LogP contribution in [0.1, 0.15) is 51.0 Å². The second kappa shape index (κ2) is 9.93. The molecule has 3 aromatic carbocycles. The van der Waals surface area contributed by atoms with E-state index < -0.39 is 24.0 Å². The van der Waals surface area contributed by atoms with Crippen LogP contribution in [0, 0.1) is 23.5 Å². The summed E-state index contributed by atoms with van der Waals surface area (Å²) >= 11 is 0. The summed E-state index contributed by atoms with van der Waals surface area (Å²) in [4.78, 5) is 0. The van der Waals surface area contributed by atoms with Crippen molar-refractivity contribution in [2.75, 3.05) is 0 Å². The molecule has 0 atom stereocenters. The molecule has 1 saturated carbocycles. The topological polar surface area (TPSA) is 9.23 Å². The van der Waals surface area contributed by atoms with Crippen LogP contribution in [0.15, 0.2) is 48.5 Å². The molecule has 0 radical (unpaired) electrons. The Kier molecular flexibility index (Phi) is 7.02. The third-order valence-electron chi connectivity index (χ3n) is 6.86. The van der Waals surface area contributed by atoms with Crippen molar-refractivity contribution >= 4 is 10.8 Å². The van der Waals surface area contributed by atoms with Crippen molar-refractivity contribution in [2.45, 2.75) is 58.5 Å². The minimum Gasteiger partial charge on any atom is -0.432 e. The van der Waals surface area contributed by atoms with Gasteiger partial charge < -0.3 is 4.74 Å². The van der Waals surface area contributed by atoms with Crippen LogP contribution in [-0.2, 0) is 6.42 Å². The lowest BCUT2D eigenvalue weighted by Crippen LogP contribution is -2.14. The van der Waals surface area contributed by atoms with E-state index in [2.05, 4.69) is 11.7 Å². The second-order valence-electron chi connectivity index (χ2n) is 8.84. The fourth-order valence-electron chi connectivity index (χ4n) is 4.88. The lowest BCUT2D eigenvalue weighted by Gasteiger charge is -2.27. The average molecular weight is 445 g/mol. The summed E-state index contributed by atoms with van der Waals surface area (Å²) in [7, 11) is 0. The monoisotopic (exact) mass is 444 g/mol. The summed E-state index contributed by atoms with van der Waals surface area (Å²) in [5.74, 6) is -0.289. The van der Waals surface area contributed by atoms with Crippen molar-refractivity contribution in [3.05, 3.63) is 65.7 Å². The van der Waals surface area contributed by atoms with E-state index >= 15 is 4.39 Å². The van der Waals surface area contributed by atoms with E-state index in [1.165, 1.54) is 43.7 Å². The summed E-state index contributed by atoms with van der Waals surface area (Å²) in [5.41, 5.74) is 1.69. The van der Waals surface area contributed by atoms with E-state index in [-0.39, 0.29) is 11.1 Å². The van der Waals surface area contributed by atoms with Crippen LogP contribution in [0.5, 0.6) is 5.75 Å². The standard InChI is InChI=1S/C27H28F4O/c1-2-17-3-5-18(6-4-17)7-8-19-9-12-22-20(15-19)10-13-23(26(22)29)21-11-14-25(24(28)16-21)32-27(30)31/h9-18,27H,2-8H2,1H3. The molecule has 5 heteroatoms.